The maximum atomic E-state index is 12.4. The second-order valence-corrected chi connectivity index (χ2v) is 8.18. The van der Waals surface area contributed by atoms with E-state index in [1.54, 1.807) is 11.0 Å². The second-order valence-electron chi connectivity index (χ2n) is 7.26. The number of nitrogens with one attached hydrogen (secondary N) is 1. The van der Waals surface area contributed by atoms with Crippen LogP contribution in [0.15, 0.2) is 53.0 Å². The van der Waals surface area contributed by atoms with Crippen LogP contribution in [0.25, 0.3) is 0 Å². The molecule has 0 unspecified atom stereocenters. The average Bonchev–Trinajstić information content (AvgIpc) is 2.89. The topological polar surface area (TPSA) is 41.8 Å². The van der Waals surface area contributed by atoms with Gasteiger partial charge in [0.1, 0.15) is 0 Å². The lowest BCUT2D eigenvalue weighted by molar-refractivity contribution is -0.904. The number of quaternary nitrogens is 1. The van der Waals surface area contributed by atoms with E-state index in [1.807, 2.05) is 12.1 Å². The smallest absolute Gasteiger partial charge is 0.303 e. The van der Waals surface area contributed by atoms with Gasteiger partial charge in [-0.3, -0.25) is 14.5 Å². The van der Waals surface area contributed by atoms with Crippen molar-refractivity contribution in [3.8, 4) is 0 Å². The van der Waals surface area contributed by atoms with Crippen molar-refractivity contribution in [2.75, 3.05) is 24.7 Å². The summed E-state index contributed by atoms with van der Waals surface area (Å²) in [4.78, 5) is 27.7. The van der Waals surface area contributed by atoms with Crippen LogP contribution in [0.5, 0.6) is 0 Å². The molecule has 4 rings (SSSR count). The molecule has 0 aromatic heterocycles. The fourth-order valence-electron chi connectivity index (χ4n) is 4.05. The van der Waals surface area contributed by atoms with Crippen LogP contribution in [0.4, 0.5) is 5.69 Å². The highest BCUT2D eigenvalue weighted by Crippen LogP contribution is 2.30. The van der Waals surface area contributed by atoms with Gasteiger partial charge in [0.15, 0.2) is 6.67 Å². The Kier molecular flexibility index (Phi) is 4.92. The first kappa shape index (κ1) is 17.4. The van der Waals surface area contributed by atoms with Gasteiger partial charge in [-0.05, 0) is 48.9 Å². The van der Waals surface area contributed by atoms with E-state index in [4.69, 9.17) is 0 Å². The molecular weight excluding hydrogens is 392 g/mol. The first-order valence-corrected chi connectivity index (χ1v) is 9.94. The molecule has 0 radical (unpaired) electrons. The van der Waals surface area contributed by atoms with Crippen molar-refractivity contribution in [2.24, 2.45) is 5.92 Å². The fourth-order valence-corrected chi connectivity index (χ4v) is 4.41. The number of piperidine rings is 1. The number of anilines is 1. The summed E-state index contributed by atoms with van der Waals surface area (Å²) in [5.41, 5.74) is 2.67. The van der Waals surface area contributed by atoms with Gasteiger partial charge in [0.2, 0.25) is 0 Å². The molecule has 0 aliphatic carbocycles. The standard InChI is InChI=1S/C21H21BrN2O2/c22-17-6-7-19-18(13-17)20(25)21(26)24(19)14-23-10-8-16(9-11-23)12-15-4-2-1-3-5-15/h1-7,13,16H,8-12,14H2/p+1. The molecule has 0 bridgehead atoms. The van der Waals surface area contributed by atoms with Crippen molar-refractivity contribution in [3.63, 3.8) is 0 Å². The van der Waals surface area contributed by atoms with Crippen LogP contribution in [0.2, 0.25) is 0 Å². The lowest BCUT2D eigenvalue weighted by Gasteiger charge is -2.31. The molecule has 1 fully saturated rings. The van der Waals surface area contributed by atoms with Crippen LogP contribution in [-0.2, 0) is 11.2 Å². The van der Waals surface area contributed by atoms with Crippen molar-refractivity contribution >= 4 is 33.3 Å². The number of nitrogens with zero attached hydrogens (tertiary/aromatic N) is 1. The fraction of sp³-hybridized carbons (Fsp3) is 0.333. The van der Waals surface area contributed by atoms with Crippen molar-refractivity contribution < 1.29 is 14.5 Å². The number of likely N-dealkylation sites (tertiary alicyclic amines) is 1. The number of halogens is 1. The highest BCUT2D eigenvalue weighted by molar-refractivity contribution is 9.10. The predicted octanol–water partition coefficient (Wildman–Crippen LogP) is 2.47. The van der Waals surface area contributed by atoms with Gasteiger partial charge in [0, 0.05) is 4.47 Å². The average molecular weight is 414 g/mol. The van der Waals surface area contributed by atoms with Gasteiger partial charge in [0.25, 0.3) is 5.78 Å². The summed E-state index contributed by atoms with van der Waals surface area (Å²) in [7, 11) is 0. The molecule has 0 saturated carbocycles. The lowest BCUT2D eigenvalue weighted by atomic mass is 9.90. The largest absolute Gasteiger partial charge is 0.317 e. The summed E-state index contributed by atoms with van der Waals surface area (Å²) < 4.78 is 0.827. The van der Waals surface area contributed by atoms with Crippen LogP contribution < -0.4 is 9.80 Å². The summed E-state index contributed by atoms with van der Waals surface area (Å²) >= 11 is 3.38. The summed E-state index contributed by atoms with van der Waals surface area (Å²) in [5, 5.41) is 0. The Morgan fingerprint density at radius 2 is 1.77 bits per heavy atom. The van der Waals surface area contributed by atoms with E-state index in [9.17, 15) is 9.59 Å². The highest BCUT2D eigenvalue weighted by Gasteiger charge is 2.38. The van der Waals surface area contributed by atoms with Gasteiger partial charge in [-0.1, -0.05) is 46.3 Å². The zero-order valence-electron chi connectivity index (χ0n) is 14.6. The minimum absolute atomic E-state index is 0.389. The molecule has 134 valence electrons. The van der Waals surface area contributed by atoms with Crippen molar-refractivity contribution in [2.45, 2.75) is 19.3 Å². The third-order valence-electron chi connectivity index (χ3n) is 5.49. The number of Topliss-reactive ketones (excluding diaryl/α,β-unsaturated/α-hetero) is 1. The normalized spacial score (nSPS) is 22.6. The van der Waals surface area contributed by atoms with Gasteiger partial charge < -0.3 is 4.90 Å². The molecule has 2 aromatic carbocycles. The molecule has 1 N–H and O–H groups in total. The number of carbonyl (C=O) groups is 2. The van der Waals surface area contributed by atoms with Crippen LogP contribution >= 0.6 is 15.9 Å². The second kappa shape index (κ2) is 7.33. The third kappa shape index (κ3) is 3.46. The number of fused-ring (bicyclic) bond motifs is 1. The van der Waals surface area contributed by atoms with E-state index in [0.29, 0.717) is 18.2 Å². The Bertz CT molecular complexity index is 829. The van der Waals surface area contributed by atoms with Crippen molar-refractivity contribution in [1.82, 2.24) is 0 Å². The molecule has 2 heterocycles. The number of amides is 1. The van der Waals surface area contributed by atoms with Gasteiger partial charge in [-0.25, -0.2) is 0 Å². The van der Waals surface area contributed by atoms with Crippen LogP contribution in [-0.4, -0.2) is 31.4 Å². The monoisotopic (exact) mass is 413 g/mol. The van der Waals surface area contributed by atoms with E-state index in [2.05, 4.69) is 46.3 Å². The number of benzene rings is 2. The SMILES string of the molecule is O=C1C(=O)N(C[NH+]2CCC(Cc3ccccc3)CC2)c2ccc(Br)cc21. The molecule has 2 aromatic rings. The molecule has 0 spiro atoms. The zero-order valence-corrected chi connectivity index (χ0v) is 16.2. The molecule has 5 heteroatoms. The Labute approximate surface area is 161 Å². The number of hydrogen-bond donors (Lipinski definition) is 1. The first-order valence-electron chi connectivity index (χ1n) is 9.15. The summed E-state index contributed by atoms with van der Waals surface area (Å²) in [6, 6.07) is 16.1. The van der Waals surface area contributed by atoms with E-state index in [0.717, 1.165) is 42.5 Å². The van der Waals surface area contributed by atoms with Crippen molar-refractivity contribution in [3.05, 3.63) is 64.1 Å². The highest BCUT2D eigenvalue weighted by atomic mass is 79.9. The molecule has 4 nitrogen and oxygen atoms in total. The predicted molar refractivity (Wildman–Crippen MR) is 104 cm³/mol. The van der Waals surface area contributed by atoms with E-state index < -0.39 is 5.91 Å². The van der Waals surface area contributed by atoms with E-state index in [1.165, 1.54) is 10.5 Å². The minimum atomic E-state index is -0.392. The van der Waals surface area contributed by atoms with Crippen LogP contribution in [0, 0.1) is 5.92 Å². The molecule has 0 atom stereocenters. The quantitative estimate of drug-likeness (QED) is 0.782. The third-order valence-corrected chi connectivity index (χ3v) is 5.99. The molecule has 2 aliphatic rings. The number of ketones is 1. The van der Waals surface area contributed by atoms with Gasteiger partial charge >= 0.3 is 5.91 Å². The molecule has 26 heavy (non-hydrogen) atoms. The van der Waals surface area contributed by atoms with E-state index in [-0.39, 0.29) is 5.78 Å². The van der Waals surface area contributed by atoms with Crippen LogP contribution in [0.3, 0.4) is 0 Å². The Balaban J connectivity index is 1.38. The van der Waals surface area contributed by atoms with Crippen LogP contribution in [0.1, 0.15) is 28.8 Å². The molecular formula is C21H22BrN2O2+. The maximum absolute atomic E-state index is 12.4. The number of hydrogen-bond acceptors (Lipinski definition) is 2. The molecule has 1 saturated heterocycles. The minimum Gasteiger partial charge on any atom is -0.317 e. The van der Waals surface area contributed by atoms with Gasteiger partial charge in [-0.15, -0.1) is 0 Å². The summed E-state index contributed by atoms with van der Waals surface area (Å²) in [6.07, 6.45) is 3.45. The zero-order chi connectivity index (χ0) is 18.1. The Hall–Kier alpha value is -1.98. The van der Waals surface area contributed by atoms with E-state index >= 15 is 0 Å². The summed E-state index contributed by atoms with van der Waals surface area (Å²) in [6.45, 7) is 2.67. The first-order chi connectivity index (χ1) is 12.6. The Morgan fingerprint density at radius 1 is 1.04 bits per heavy atom. The van der Waals surface area contributed by atoms with Crippen molar-refractivity contribution in [1.29, 1.82) is 0 Å². The van der Waals surface area contributed by atoms with Gasteiger partial charge in [-0.2, -0.15) is 0 Å². The number of carbonyl (C=O) groups excluding carboxylic acids is 2. The Morgan fingerprint density at radius 3 is 2.50 bits per heavy atom. The molecule has 1 amide bonds. The summed E-state index contributed by atoms with van der Waals surface area (Å²) in [5.74, 6) is -0.0722. The molecule has 2 aliphatic heterocycles. The number of rotatable bonds is 4. The van der Waals surface area contributed by atoms with Gasteiger partial charge in [0.05, 0.1) is 24.3 Å². The maximum Gasteiger partial charge on any atom is 0.303 e. The lowest BCUT2D eigenvalue weighted by Crippen LogP contribution is -3.14.